The second-order valence-corrected chi connectivity index (χ2v) is 4.65. The number of halogens is 3. The second-order valence-electron chi connectivity index (χ2n) is 3.49. The minimum absolute atomic E-state index is 0.000268. The van der Waals surface area contributed by atoms with Gasteiger partial charge in [0.05, 0.1) is 0 Å². The summed E-state index contributed by atoms with van der Waals surface area (Å²) in [5.74, 6) is 0.0268. The average molecular weight is 252 g/mol. The summed E-state index contributed by atoms with van der Waals surface area (Å²) in [4.78, 5) is 0. The van der Waals surface area contributed by atoms with E-state index in [-0.39, 0.29) is 23.6 Å². The summed E-state index contributed by atoms with van der Waals surface area (Å²) in [5, 5.41) is 0. The van der Waals surface area contributed by atoms with E-state index < -0.39 is 5.51 Å². The Morgan fingerprint density at radius 2 is 2.19 bits per heavy atom. The van der Waals surface area contributed by atoms with E-state index in [0.717, 1.165) is 12.0 Å². The quantitative estimate of drug-likeness (QED) is 0.872. The van der Waals surface area contributed by atoms with E-state index in [2.05, 4.69) is 0 Å². The van der Waals surface area contributed by atoms with Gasteiger partial charge in [-0.1, -0.05) is 6.92 Å². The molecule has 0 radical (unpaired) electrons. The Bertz CT molecular complexity index is 322. The first-order chi connectivity index (χ1) is 7.42. The highest BCUT2D eigenvalue weighted by Crippen LogP contribution is 2.30. The summed E-state index contributed by atoms with van der Waals surface area (Å²) in [7, 11) is 0. The maximum absolute atomic E-state index is 11.9. The fraction of sp³-hybridized carbons (Fsp3) is 0.600. The highest BCUT2D eigenvalue weighted by Gasteiger charge is 2.27. The number of rotatable bonds is 5. The summed E-state index contributed by atoms with van der Waals surface area (Å²) >= 11 is -0.000268. The van der Waals surface area contributed by atoms with Crippen molar-refractivity contribution in [2.75, 3.05) is 5.75 Å². The minimum atomic E-state index is -4.14. The summed E-state index contributed by atoms with van der Waals surface area (Å²) in [6.07, 6.45) is 4.40. The molecule has 1 aromatic heterocycles. The number of aryl methyl sites for hydroxylation is 1. The number of alkyl halides is 3. The van der Waals surface area contributed by atoms with Gasteiger partial charge in [-0.25, -0.2) is 0 Å². The molecule has 0 aliphatic carbocycles. The molecule has 0 aliphatic rings. The van der Waals surface area contributed by atoms with Crippen molar-refractivity contribution in [1.82, 2.24) is 4.57 Å². The van der Waals surface area contributed by atoms with Crippen molar-refractivity contribution >= 4 is 11.8 Å². The molecule has 16 heavy (non-hydrogen) atoms. The molecule has 2 N–H and O–H groups in total. The first-order valence-electron chi connectivity index (χ1n) is 5.04. The van der Waals surface area contributed by atoms with Crippen molar-refractivity contribution in [2.24, 2.45) is 5.73 Å². The number of aromatic nitrogens is 1. The van der Waals surface area contributed by atoms with Crippen LogP contribution in [0.1, 0.15) is 24.9 Å². The molecule has 1 rings (SSSR count). The lowest BCUT2D eigenvalue weighted by Gasteiger charge is -2.07. The van der Waals surface area contributed by atoms with Gasteiger partial charge in [0.2, 0.25) is 0 Å². The van der Waals surface area contributed by atoms with Crippen LogP contribution in [0.25, 0.3) is 0 Å². The van der Waals surface area contributed by atoms with E-state index in [0.29, 0.717) is 6.54 Å². The molecule has 0 amide bonds. The van der Waals surface area contributed by atoms with Crippen LogP contribution < -0.4 is 5.73 Å². The topological polar surface area (TPSA) is 30.9 Å². The molecule has 0 bridgehead atoms. The largest absolute Gasteiger partial charge is 0.441 e. The lowest BCUT2D eigenvalue weighted by molar-refractivity contribution is -0.0328. The third kappa shape index (κ3) is 4.49. The monoisotopic (exact) mass is 252 g/mol. The summed E-state index contributed by atoms with van der Waals surface area (Å²) < 4.78 is 37.4. The molecule has 2 nitrogen and oxygen atoms in total. The summed E-state index contributed by atoms with van der Waals surface area (Å²) in [6.45, 7) is 2.32. The molecular formula is C10H15F3N2S. The van der Waals surface area contributed by atoms with Gasteiger partial charge in [0.1, 0.15) is 0 Å². The van der Waals surface area contributed by atoms with Gasteiger partial charge in [-0.2, -0.15) is 13.2 Å². The Morgan fingerprint density at radius 3 is 2.75 bits per heavy atom. The summed E-state index contributed by atoms with van der Waals surface area (Å²) in [6, 6.07) is 1.82. The molecule has 6 heteroatoms. The molecule has 0 aromatic carbocycles. The van der Waals surface area contributed by atoms with Crippen molar-refractivity contribution in [2.45, 2.75) is 31.4 Å². The number of hydrogen-bond donors (Lipinski definition) is 1. The molecule has 0 saturated heterocycles. The van der Waals surface area contributed by atoms with E-state index >= 15 is 0 Å². The molecule has 0 saturated carbocycles. The van der Waals surface area contributed by atoms with Crippen LogP contribution in [0.4, 0.5) is 13.2 Å². The van der Waals surface area contributed by atoms with Gasteiger partial charge in [-0.15, -0.1) is 0 Å². The molecule has 1 unspecified atom stereocenters. The maximum Gasteiger partial charge on any atom is 0.441 e. The van der Waals surface area contributed by atoms with Crippen molar-refractivity contribution in [3.8, 4) is 0 Å². The normalized spacial score (nSPS) is 14.1. The van der Waals surface area contributed by atoms with Gasteiger partial charge in [-0.05, 0) is 29.8 Å². The van der Waals surface area contributed by atoms with Crippen LogP contribution in [0, 0.1) is 0 Å². The number of nitrogens with two attached hydrogens (primary N) is 1. The smallest absolute Gasteiger partial charge is 0.353 e. The SMILES string of the molecule is CCC(N)c1ccn(CCSC(F)(F)F)c1. The third-order valence-corrected chi connectivity index (χ3v) is 2.97. The molecule has 92 valence electrons. The van der Waals surface area contributed by atoms with Crippen molar-refractivity contribution in [3.05, 3.63) is 24.0 Å². The molecule has 1 heterocycles. The van der Waals surface area contributed by atoms with Crippen molar-refractivity contribution < 1.29 is 13.2 Å². The Balaban J connectivity index is 2.41. The van der Waals surface area contributed by atoms with Crippen molar-refractivity contribution in [1.29, 1.82) is 0 Å². The number of hydrogen-bond acceptors (Lipinski definition) is 2. The third-order valence-electron chi connectivity index (χ3n) is 2.26. The van der Waals surface area contributed by atoms with E-state index in [9.17, 15) is 13.2 Å². The second kappa shape index (κ2) is 5.63. The Morgan fingerprint density at radius 1 is 1.50 bits per heavy atom. The standard InChI is InChI=1S/C10H15F3N2S/c1-2-9(14)8-3-4-15(7-8)5-6-16-10(11,12)13/h3-4,7,9H,2,5-6,14H2,1H3. The maximum atomic E-state index is 11.9. The van der Waals surface area contributed by atoms with Gasteiger partial charge in [0.15, 0.2) is 0 Å². The van der Waals surface area contributed by atoms with Crippen LogP contribution in [-0.4, -0.2) is 15.8 Å². The zero-order valence-electron chi connectivity index (χ0n) is 9.00. The minimum Gasteiger partial charge on any atom is -0.353 e. The van der Waals surface area contributed by atoms with Crippen LogP contribution in [0.2, 0.25) is 0 Å². The van der Waals surface area contributed by atoms with Crippen molar-refractivity contribution in [3.63, 3.8) is 0 Å². The van der Waals surface area contributed by atoms with Crippen LogP contribution in [0.3, 0.4) is 0 Å². The van der Waals surface area contributed by atoms with Gasteiger partial charge in [0, 0.05) is 30.7 Å². The van der Waals surface area contributed by atoms with Crippen LogP contribution in [0.5, 0.6) is 0 Å². The Kier molecular flexibility index (Phi) is 4.73. The molecule has 1 atom stereocenters. The highest BCUT2D eigenvalue weighted by molar-refractivity contribution is 8.00. The Labute approximate surface area is 97.0 Å². The predicted molar refractivity (Wildman–Crippen MR) is 60.2 cm³/mol. The van der Waals surface area contributed by atoms with E-state index in [1.165, 1.54) is 0 Å². The van der Waals surface area contributed by atoms with E-state index in [1.807, 2.05) is 19.2 Å². The zero-order valence-corrected chi connectivity index (χ0v) is 9.81. The van der Waals surface area contributed by atoms with Gasteiger partial charge in [-0.3, -0.25) is 0 Å². The highest BCUT2D eigenvalue weighted by atomic mass is 32.2. The number of nitrogens with zero attached hydrogens (tertiary/aromatic N) is 1. The fourth-order valence-corrected chi connectivity index (χ4v) is 1.85. The molecule has 0 fully saturated rings. The molecular weight excluding hydrogens is 237 g/mol. The molecule has 0 aliphatic heterocycles. The number of thioether (sulfide) groups is 1. The van der Waals surface area contributed by atoms with Crippen LogP contribution >= 0.6 is 11.8 Å². The zero-order chi connectivity index (χ0) is 12.2. The average Bonchev–Trinajstić information content (AvgIpc) is 2.63. The van der Waals surface area contributed by atoms with Gasteiger partial charge >= 0.3 is 5.51 Å². The Hall–Kier alpha value is -0.620. The van der Waals surface area contributed by atoms with Gasteiger partial charge in [0.25, 0.3) is 0 Å². The van der Waals surface area contributed by atoms with E-state index in [1.54, 1.807) is 10.8 Å². The first-order valence-corrected chi connectivity index (χ1v) is 6.03. The van der Waals surface area contributed by atoms with Crippen LogP contribution in [-0.2, 0) is 6.54 Å². The van der Waals surface area contributed by atoms with Crippen LogP contribution in [0.15, 0.2) is 18.5 Å². The predicted octanol–water partition coefficient (Wildman–Crippen LogP) is 3.15. The summed E-state index contributed by atoms with van der Waals surface area (Å²) in [5.41, 5.74) is 2.64. The van der Waals surface area contributed by atoms with E-state index in [4.69, 9.17) is 5.73 Å². The van der Waals surface area contributed by atoms with Gasteiger partial charge < -0.3 is 10.3 Å². The molecule has 0 spiro atoms. The molecule has 1 aromatic rings. The fourth-order valence-electron chi connectivity index (χ4n) is 1.32. The first kappa shape index (κ1) is 13.4. The lowest BCUT2D eigenvalue weighted by atomic mass is 10.1. The lowest BCUT2D eigenvalue weighted by Crippen LogP contribution is -2.08.